The molecule has 0 bridgehead atoms. The van der Waals surface area contributed by atoms with Gasteiger partial charge in [-0.2, -0.15) is 0 Å². The zero-order valence-corrected chi connectivity index (χ0v) is 17.5. The van der Waals surface area contributed by atoms with E-state index < -0.39 is 11.9 Å². The van der Waals surface area contributed by atoms with Gasteiger partial charge in [0.05, 0.1) is 25.3 Å². The van der Waals surface area contributed by atoms with Gasteiger partial charge in [-0.05, 0) is 41.0 Å². The molecule has 160 valence electrons. The zero-order chi connectivity index (χ0) is 22.1. The topological polar surface area (TPSA) is 73.9 Å². The quantitative estimate of drug-likeness (QED) is 0.533. The number of carbonyl (C=O) groups is 2. The zero-order valence-electron chi connectivity index (χ0n) is 17.5. The standard InChI is InChI=1S/C25H25NO5/c1-29-16-18-7-6-10-21(15-18)25(28)31-17-23(27)26-24(19-8-4-3-5-9-19)20-11-13-22(30-2)14-12-20/h3-15,24H,16-17H2,1-2H3,(H,26,27)/t24-/m0/s1. The van der Waals surface area contributed by atoms with Gasteiger partial charge >= 0.3 is 5.97 Å². The normalized spacial score (nSPS) is 11.4. The minimum Gasteiger partial charge on any atom is -0.497 e. The summed E-state index contributed by atoms with van der Waals surface area (Å²) < 4.78 is 15.5. The van der Waals surface area contributed by atoms with E-state index >= 15 is 0 Å². The van der Waals surface area contributed by atoms with Gasteiger partial charge in [0.2, 0.25) is 0 Å². The van der Waals surface area contributed by atoms with Crippen LogP contribution < -0.4 is 10.1 Å². The van der Waals surface area contributed by atoms with E-state index in [1.807, 2.05) is 60.7 Å². The van der Waals surface area contributed by atoms with E-state index in [0.29, 0.717) is 12.2 Å². The number of amides is 1. The first-order chi connectivity index (χ1) is 15.1. The minimum atomic E-state index is -0.561. The van der Waals surface area contributed by atoms with Crippen molar-refractivity contribution in [3.05, 3.63) is 101 Å². The molecule has 6 nitrogen and oxygen atoms in total. The number of nitrogens with one attached hydrogen (secondary N) is 1. The molecule has 0 aliphatic carbocycles. The molecule has 0 aromatic heterocycles. The van der Waals surface area contributed by atoms with Gasteiger partial charge in [-0.1, -0.05) is 54.6 Å². The van der Waals surface area contributed by atoms with Crippen LogP contribution in [0.2, 0.25) is 0 Å². The average Bonchev–Trinajstić information content (AvgIpc) is 2.82. The monoisotopic (exact) mass is 419 g/mol. The first-order valence-corrected chi connectivity index (χ1v) is 9.84. The van der Waals surface area contributed by atoms with Crippen LogP contribution in [0.1, 0.15) is 33.1 Å². The second-order valence-corrected chi connectivity index (χ2v) is 6.89. The number of ether oxygens (including phenoxy) is 3. The maximum atomic E-state index is 12.6. The van der Waals surface area contributed by atoms with Crippen molar-refractivity contribution in [1.29, 1.82) is 0 Å². The molecule has 3 rings (SSSR count). The summed E-state index contributed by atoms with van der Waals surface area (Å²) >= 11 is 0. The Hall–Kier alpha value is -3.64. The van der Waals surface area contributed by atoms with E-state index in [9.17, 15) is 9.59 Å². The molecule has 0 unspecified atom stereocenters. The van der Waals surface area contributed by atoms with Crippen molar-refractivity contribution in [2.24, 2.45) is 0 Å². The minimum absolute atomic E-state index is 0.372. The van der Waals surface area contributed by atoms with E-state index in [2.05, 4.69) is 5.32 Å². The number of carbonyl (C=O) groups excluding carboxylic acids is 2. The molecule has 0 saturated carbocycles. The molecule has 0 aliphatic heterocycles. The van der Waals surface area contributed by atoms with Gasteiger partial charge in [-0.25, -0.2) is 4.79 Å². The van der Waals surface area contributed by atoms with Crippen LogP contribution in [0.4, 0.5) is 0 Å². The van der Waals surface area contributed by atoms with Crippen LogP contribution in [0, 0.1) is 0 Å². The highest BCUT2D eigenvalue weighted by Gasteiger charge is 2.18. The Morgan fingerprint density at radius 1 is 0.871 bits per heavy atom. The summed E-state index contributed by atoms with van der Waals surface area (Å²) in [6.07, 6.45) is 0. The summed E-state index contributed by atoms with van der Waals surface area (Å²) in [6.45, 7) is 0.00898. The SMILES string of the molecule is COCc1cccc(C(=O)OCC(=O)N[C@@H](c2ccccc2)c2ccc(OC)cc2)c1. The Morgan fingerprint density at radius 2 is 1.58 bits per heavy atom. The van der Waals surface area contributed by atoms with Gasteiger partial charge in [-0.15, -0.1) is 0 Å². The highest BCUT2D eigenvalue weighted by molar-refractivity contribution is 5.91. The second kappa shape index (κ2) is 10.9. The molecule has 0 radical (unpaired) electrons. The summed E-state index contributed by atoms with van der Waals surface area (Å²) in [5, 5.41) is 2.95. The molecular weight excluding hydrogens is 394 g/mol. The summed E-state index contributed by atoms with van der Waals surface area (Å²) in [5.41, 5.74) is 3.03. The highest BCUT2D eigenvalue weighted by atomic mass is 16.5. The van der Waals surface area contributed by atoms with E-state index in [0.717, 1.165) is 22.4 Å². The van der Waals surface area contributed by atoms with Crippen molar-refractivity contribution in [1.82, 2.24) is 5.32 Å². The summed E-state index contributed by atoms with van der Waals surface area (Å²) in [4.78, 5) is 24.9. The van der Waals surface area contributed by atoms with E-state index in [4.69, 9.17) is 14.2 Å². The maximum Gasteiger partial charge on any atom is 0.338 e. The molecule has 31 heavy (non-hydrogen) atoms. The predicted octanol–water partition coefficient (Wildman–Crippen LogP) is 3.90. The Bertz CT molecular complexity index is 1000. The molecule has 1 atom stereocenters. The smallest absolute Gasteiger partial charge is 0.338 e. The number of hydrogen-bond acceptors (Lipinski definition) is 5. The maximum absolute atomic E-state index is 12.6. The van der Waals surface area contributed by atoms with Crippen molar-refractivity contribution in [3.8, 4) is 5.75 Å². The fraction of sp³-hybridized carbons (Fsp3) is 0.200. The van der Waals surface area contributed by atoms with Gasteiger partial charge in [0, 0.05) is 7.11 Å². The van der Waals surface area contributed by atoms with Crippen LogP contribution in [0.25, 0.3) is 0 Å². The van der Waals surface area contributed by atoms with E-state index in [-0.39, 0.29) is 12.6 Å². The number of benzene rings is 3. The average molecular weight is 419 g/mol. The van der Waals surface area contributed by atoms with Crippen LogP contribution in [-0.2, 0) is 20.9 Å². The van der Waals surface area contributed by atoms with Crippen molar-refractivity contribution in [2.75, 3.05) is 20.8 Å². The van der Waals surface area contributed by atoms with Crippen LogP contribution in [0.5, 0.6) is 5.75 Å². The third kappa shape index (κ3) is 6.17. The van der Waals surface area contributed by atoms with Crippen molar-refractivity contribution in [3.63, 3.8) is 0 Å². The molecule has 1 N–H and O–H groups in total. The lowest BCUT2D eigenvalue weighted by Gasteiger charge is -2.20. The molecule has 0 aliphatic rings. The molecule has 0 fully saturated rings. The molecule has 6 heteroatoms. The van der Waals surface area contributed by atoms with E-state index in [1.54, 1.807) is 32.4 Å². The lowest BCUT2D eigenvalue weighted by Crippen LogP contribution is -2.33. The molecule has 0 heterocycles. The highest BCUT2D eigenvalue weighted by Crippen LogP contribution is 2.24. The van der Waals surface area contributed by atoms with Crippen molar-refractivity contribution in [2.45, 2.75) is 12.6 Å². The second-order valence-electron chi connectivity index (χ2n) is 6.89. The lowest BCUT2D eigenvalue weighted by molar-refractivity contribution is -0.124. The van der Waals surface area contributed by atoms with Crippen molar-refractivity contribution >= 4 is 11.9 Å². The lowest BCUT2D eigenvalue weighted by atomic mass is 9.98. The predicted molar refractivity (Wildman–Crippen MR) is 117 cm³/mol. The summed E-state index contributed by atoms with van der Waals surface area (Å²) in [6, 6.07) is 23.6. The van der Waals surface area contributed by atoms with E-state index in [1.165, 1.54) is 0 Å². The fourth-order valence-electron chi connectivity index (χ4n) is 3.17. The Balaban J connectivity index is 1.67. The number of rotatable bonds is 9. The van der Waals surface area contributed by atoms with Crippen LogP contribution in [0.15, 0.2) is 78.9 Å². The van der Waals surface area contributed by atoms with Crippen LogP contribution in [0.3, 0.4) is 0 Å². The Kier molecular flexibility index (Phi) is 7.79. The first kappa shape index (κ1) is 22.1. The molecular formula is C25H25NO5. The van der Waals surface area contributed by atoms with Crippen LogP contribution >= 0.6 is 0 Å². The van der Waals surface area contributed by atoms with Gasteiger partial charge in [0.1, 0.15) is 5.75 Å². The fourth-order valence-corrected chi connectivity index (χ4v) is 3.17. The van der Waals surface area contributed by atoms with Gasteiger partial charge in [-0.3, -0.25) is 4.79 Å². The number of hydrogen-bond donors (Lipinski definition) is 1. The molecule has 3 aromatic carbocycles. The summed E-state index contributed by atoms with van der Waals surface area (Å²) in [5.74, 6) is -0.230. The molecule has 0 saturated heterocycles. The third-order valence-corrected chi connectivity index (χ3v) is 4.70. The Morgan fingerprint density at radius 3 is 2.26 bits per heavy atom. The number of esters is 1. The van der Waals surface area contributed by atoms with Gasteiger partial charge in [0.15, 0.2) is 6.61 Å². The molecule has 0 spiro atoms. The Labute approximate surface area is 181 Å². The van der Waals surface area contributed by atoms with Gasteiger partial charge < -0.3 is 19.5 Å². The number of methoxy groups -OCH3 is 2. The molecule has 3 aromatic rings. The summed E-state index contributed by atoms with van der Waals surface area (Å²) in [7, 11) is 3.19. The largest absolute Gasteiger partial charge is 0.497 e. The third-order valence-electron chi connectivity index (χ3n) is 4.70. The van der Waals surface area contributed by atoms with Crippen LogP contribution in [-0.4, -0.2) is 32.7 Å². The molecule has 1 amide bonds. The van der Waals surface area contributed by atoms with Crippen molar-refractivity contribution < 1.29 is 23.8 Å². The van der Waals surface area contributed by atoms with Gasteiger partial charge in [0.25, 0.3) is 5.91 Å². The first-order valence-electron chi connectivity index (χ1n) is 9.84.